The molecule has 4 amide bonds. The number of urea groups is 1. The number of hydrogen-bond acceptors (Lipinski definition) is 4. The van der Waals surface area contributed by atoms with Gasteiger partial charge in [0.25, 0.3) is 5.91 Å². The van der Waals surface area contributed by atoms with Gasteiger partial charge in [0.1, 0.15) is 5.75 Å². The van der Waals surface area contributed by atoms with E-state index in [0.717, 1.165) is 0 Å². The first-order valence-corrected chi connectivity index (χ1v) is 9.02. The maximum atomic E-state index is 12.6. The van der Waals surface area contributed by atoms with Crippen LogP contribution in [0.1, 0.15) is 43.1 Å². The van der Waals surface area contributed by atoms with Crippen molar-refractivity contribution in [2.45, 2.75) is 32.6 Å². The summed E-state index contributed by atoms with van der Waals surface area (Å²) in [5.41, 5.74) is 1.30. The van der Waals surface area contributed by atoms with Gasteiger partial charge < -0.3 is 10.4 Å². The minimum atomic E-state index is -0.526. The monoisotopic (exact) mass is 381 g/mol. The molecule has 0 atom stereocenters. The molecule has 1 aliphatic heterocycles. The number of phenols is 1. The highest BCUT2D eigenvalue weighted by molar-refractivity contribution is 6.08. The van der Waals surface area contributed by atoms with Gasteiger partial charge in [0.2, 0.25) is 5.91 Å². The standard InChI is InChI=1S/C21H23N3O4/c1-21(2,3)15-11-14(24-10-9-17(25)23-20(24)28)12-16(18(15)26)22-19(27)13-7-5-4-6-8-13/h4-8,11-12,26H,9-10H2,1-3H3,(H,22,27)(H,23,25,28). The quantitative estimate of drug-likeness (QED) is 0.710. The summed E-state index contributed by atoms with van der Waals surface area (Å²) < 4.78 is 0. The molecule has 2 aromatic carbocycles. The van der Waals surface area contributed by atoms with Gasteiger partial charge in [-0.3, -0.25) is 19.8 Å². The molecule has 0 saturated carbocycles. The predicted octanol–water partition coefficient (Wildman–Crippen LogP) is 3.39. The van der Waals surface area contributed by atoms with Crippen molar-refractivity contribution in [1.29, 1.82) is 0 Å². The van der Waals surface area contributed by atoms with E-state index in [1.165, 1.54) is 4.90 Å². The van der Waals surface area contributed by atoms with Crippen molar-refractivity contribution >= 4 is 29.2 Å². The number of amides is 4. The third-order valence-electron chi connectivity index (χ3n) is 4.55. The van der Waals surface area contributed by atoms with Gasteiger partial charge in [-0.15, -0.1) is 0 Å². The summed E-state index contributed by atoms with van der Waals surface area (Å²) in [6, 6.07) is 11.4. The number of nitrogens with zero attached hydrogens (tertiary/aromatic N) is 1. The molecule has 3 N–H and O–H groups in total. The summed E-state index contributed by atoms with van der Waals surface area (Å²) >= 11 is 0. The Balaban J connectivity index is 2.02. The Morgan fingerprint density at radius 2 is 1.82 bits per heavy atom. The van der Waals surface area contributed by atoms with Gasteiger partial charge >= 0.3 is 6.03 Å². The van der Waals surface area contributed by atoms with Crippen LogP contribution in [0.15, 0.2) is 42.5 Å². The fraction of sp³-hybridized carbons (Fsp3) is 0.286. The molecule has 0 spiro atoms. The van der Waals surface area contributed by atoms with E-state index in [-0.39, 0.29) is 36.2 Å². The van der Waals surface area contributed by atoms with Crippen LogP contribution in [-0.4, -0.2) is 29.5 Å². The van der Waals surface area contributed by atoms with Crippen LogP contribution in [0.25, 0.3) is 0 Å². The molecule has 1 fully saturated rings. The van der Waals surface area contributed by atoms with Crippen molar-refractivity contribution < 1.29 is 19.5 Å². The lowest BCUT2D eigenvalue weighted by Crippen LogP contribution is -2.49. The number of benzene rings is 2. The third-order valence-corrected chi connectivity index (χ3v) is 4.55. The first-order chi connectivity index (χ1) is 13.2. The zero-order valence-corrected chi connectivity index (χ0v) is 16.1. The first kappa shape index (κ1) is 19.4. The predicted molar refractivity (Wildman–Crippen MR) is 107 cm³/mol. The molecule has 1 saturated heterocycles. The number of rotatable bonds is 3. The second-order valence-corrected chi connectivity index (χ2v) is 7.71. The molecule has 3 rings (SSSR count). The Hall–Kier alpha value is -3.35. The van der Waals surface area contributed by atoms with Crippen LogP contribution in [0, 0.1) is 0 Å². The minimum absolute atomic E-state index is 0.0472. The lowest BCUT2D eigenvalue weighted by Gasteiger charge is -2.30. The fourth-order valence-electron chi connectivity index (χ4n) is 3.04. The summed E-state index contributed by atoms with van der Waals surface area (Å²) in [7, 11) is 0. The van der Waals surface area contributed by atoms with Gasteiger partial charge in [-0.2, -0.15) is 0 Å². The molecule has 0 unspecified atom stereocenters. The third kappa shape index (κ3) is 3.98. The number of aromatic hydroxyl groups is 1. The normalized spacial score (nSPS) is 14.6. The van der Waals surface area contributed by atoms with Crippen LogP contribution in [0.5, 0.6) is 5.75 Å². The molecule has 0 radical (unpaired) electrons. The van der Waals surface area contributed by atoms with Gasteiger partial charge in [0, 0.05) is 29.8 Å². The van der Waals surface area contributed by atoms with E-state index >= 15 is 0 Å². The van der Waals surface area contributed by atoms with Crippen molar-refractivity contribution in [2.75, 3.05) is 16.8 Å². The number of phenolic OH excluding ortho intramolecular Hbond substituents is 1. The van der Waals surface area contributed by atoms with Crippen LogP contribution >= 0.6 is 0 Å². The second-order valence-electron chi connectivity index (χ2n) is 7.71. The number of imide groups is 1. The Kier molecular flexibility index (Phi) is 5.09. The van der Waals surface area contributed by atoms with Crippen LogP contribution in [0.2, 0.25) is 0 Å². The lowest BCUT2D eigenvalue weighted by molar-refractivity contribution is -0.120. The Morgan fingerprint density at radius 1 is 1.14 bits per heavy atom. The smallest absolute Gasteiger partial charge is 0.328 e. The molecule has 1 aliphatic rings. The highest BCUT2D eigenvalue weighted by atomic mass is 16.3. The van der Waals surface area contributed by atoms with Gasteiger partial charge in [0.05, 0.1) is 5.69 Å². The van der Waals surface area contributed by atoms with Crippen LogP contribution in [0.4, 0.5) is 16.2 Å². The summed E-state index contributed by atoms with van der Waals surface area (Å²) in [6.07, 6.45) is 0.184. The Labute approximate surface area is 163 Å². The molecule has 7 heteroatoms. The SMILES string of the molecule is CC(C)(C)c1cc(N2CCC(=O)NC2=O)cc(NC(=O)c2ccccc2)c1O. The number of hydrogen-bond donors (Lipinski definition) is 3. The maximum Gasteiger partial charge on any atom is 0.328 e. The second kappa shape index (κ2) is 7.34. The highest BCUT2D eigenvalue weighted by Gasteiger charge is 2.28. The van der Waals surface area contributed by atoms with E-state index in [0.29, 0.717) is 16.8 Å². The van der Waals surface area contributed by atoms with Crippen LogP contribution in [-0.2, 0) is 10.2 Å². The van der Waals surface area contributed by atoms with E-state index in [1.807, 2.05) is 26.8 Å². The van der Waals surface area contributed by atoms with Gasteiger partial charge in [-0.1, -0.05) is 39.0 Å². The molecule has 0 bridgehead atoms. The average molecular weight is 381 g/mol. The van der Waals surface area contributed by atoms with Gasteiger partial charge in [-0.25, -0.2) is 4.79 Å². The van der Waals surface area contributed by atoms with Crippen molar-refractivity contribution in [2.24, 2.45) is 0 Å². The maximum absolute atomic E-state index is 12.6. The van der Waals surface area contributed by atoms with E-state index < -0.39 is 11.4 Å². The molecule has 0 aromatic heterocycles. The van der Waals surface area contributed by atoms with Crippen molar-refractivity contribution in [3.63, 3.8) is 0 Å². The topological polar surface area (TPSA) is 98.7 Å². The van der Waals surface area contributed by atoms with E-state index in [9.17, 15) is 19.5 Å². The minimum Gasteiger partial charge on any atom is -0.505 e. The fourth-order valence-corrected chi connectivity index (χ4v) is 3.04. The molecule has 7 nitrogen and oxygen atoms in total. The zero-order valence-electron chi connectivity index (χ0n) is 16.1. The molecular weight excluding hydrogens is 358 g/mol. The summed E-state index contributed by atoms with van der Waals surface area (Å²) in [4.78, 5) is 37.7. The lowest BCUT2D eigenvalue weighted by atomic mass is 9.85. The summed E-state index contributed by atoms with van der Waals surface area (Å²) in [5, 5.41) is 15.8. The first-order valence-electron chi connectivity index (χ1n) is 9.02. The van der Waals surface area contributed by atoms with E-state index in [4.69, 9.17) is 0 Å². The van der Waals surface area contributed by atoms with Crippen molar-refractivity contribution in [3.8, 4) is 5.75 Å². The molecule has 146 valence electrons. The molecule has 1 heterocycles. The van der Waals surface area contributed by atoms with Crippen molar-refractivity contribution in [3.05, 3.63) is 53.6 Å². The highest BCUT2D eigenvalue weighted by Crippen LogP contribution is 2.40. The van der Waals surface area contributed by atoms with Gasteiger partial charge in [0.15, 0.2) is 0 Å². The Bertz CT molecular complexity index is 933. The molecule has 28 heavy (non-hydrogen) atoms. The molecular formula is C21H23N3O4. The number of nitrogens with one attached hydrogen (secondary N) is 2. The van der Waals surface area contributed by atoms with Gasteiger partial charge in [-0.05, 0) is 29.7 Å². The summed E-state index contributed by atoms with van der Waals surface area (Å²) in [5.74, 6) is -0.742. The van der Waals surface area contributed by atoms with Crippen LogP contribution in [0.3, 0.4) is 0 Å². The number of carbonyl (C=O) groups is 3. The van der Waals surface area contributed by atoms with E-state index in [2.05, 4.69) is 10.6 Å². The van der Waals surface area contributed by atoms with Crippen LogP contribution < -0.4 is 15.5 Å². The Morgan fingerprint density at radius 3 is 2.43 bits per heavy atom. The van der Waals surface area contributed by atoms with E-state index in [1.54, 1.807) is 36.4 Å². The molecule has 0 aliphatic carbocycles. The largest absolute Gasteiger partial charge is 0.505 e. The zero-order chi connectivity index (χ0) is 20.5. The number of anilines is 2. The van der Waals surface area contributed by atoms with Crippen molar-refractivity contribution in [1.82, 2.24) is 5.32 Å². The molecule has 2 aromatic rings. The summed E-state index contributed by atoms with van der Waals surface area (Å²) in [6.45, 7) is 6.00. The number of carbonyl (C=O) groups excluding carboxylic acids is 3. The average Bonchev–Trinajstić information content (AvgIpc) is 2.63.